The molecule has 4 aromatic heterocycles. The van der Waals surface area contributed by atoms with Gasteiger partial charge in [-0.1, -0.05) is 30.3 Å². The molecule has 12 heteroatoms. The fourth-order valence-corrected chi connectivity index (χ4v) is 6.69. The molecule has 1 atom stereocenters. The maximum absolute atomic E-state index is 13.7. The summed E-state index contributed by atoms with van der Waals surface area (Å²) in [7, 11) is 1.55. The summed E-state index contributed by atoms with van der Waals surface area (Å²) in [5, 5.41) is 12.3. The quantitative estimate of drug-likeness (QED) is 0.227. The molecule has 1 fully saturated rings. The Balaban J connectivity index is 0.893. The molecule has 0 spiro atoms. The molecule has 6 aromatic rings. The van der Waals surface area contributed by atoms with E-state index in [-0.39, 0.29) is 18.4 Å². The van der Waals surface area contributed by atoms with E-state index in [0.29, 0.717) is 55.6 Å². The highest BCUT2D eigenvalue weighted by atomic mass is 16.5. The summed E-state index contributed by atoms with van der Waals surface area (Å²) in [6.07, 6.45) is 10.3. The minimum absolute atomic E-state index is 0.0403. The van der Waals surface area contributed by atoms with Gasteiger partial charge in [0.2, 0.25) is 5.91 Å². The average molecular weight is 655 g/mol. The van der Waals surface area contributed by atoms with Gasteiger partial charge in [0.15, 0.2) is 17.2 Å². The van der Waals surface area contributed by atoms with Gasteiger partial charge in [-0.05, 0) is 60.4 Å². The van der Waals surface area contributed by atoms with Gasteiger partial charge in [-0.3, -0.25) is 24.6 Å². The fourth-order valence-electron chi connectivity index (χ4n) is 6.69. The molecular weight excluding hydrogens is 620 g/mol. The number of hydrogen-bond acceptors (Lipinski definition) is 9. The summed E-state index contributed by atoms with van der Waals surface area (Å²) >= 11 is 0. The first-order valence-electron chi connectivity index (χ1n) is 16.2. The Morgan fingerprint density at radius 2 is 1.86 bits per heavy atom. The number of pyridine rings is 1. The summed E-state index contributed by atoms with van der Waals surface area (Å²) in [4.78, 5) is 43.7. The molecule has 8 rings (SSSR count). The number of furan rings is 1. The second kappa shape index (κ2) is 12.7. The number of anilines is 1. The van der Waals surface area contributed by atoms with Gasteiger partial charge < -0.3 is 19.4 Å². The van der Waals surface area contributed by atoms with E-state index in [0.717, 1.165) is 39.4 Å². The Bertz CT molecular complexity index is 2160. The molecular formula is C37H34N8O4. The van der Waals surface area contributed by atoms with Gasteiger partial charge in [0, 0.05) is 80.1 Å². The molecule has 12 nitrogen and oxygen atoms in total. The van der Waals surface area contributed by atoms with Crippen LogP contribution in [0.2, 0.25) is 0 Å². The van der Waals surface area contributed by atoms with E-state index in [9.17, 15) is 9.59 Å². The normalized spacial score (nSPS) is 18.2. The SMILES string of the molecule is CO[C@@]1(C(=O)Nc2ccc3[nH]nc(-c4cc5cnccc5o4)c3c2)CCN(CC(=O)N2CC=C(c3ccc(-c4ncccn4)cc3)CC2)C1. The second-order valence-electron chi connectivity index (χ2n) is 12.4. The number of H-pyrrole nitrogens is 1. The number of likely N-dealkylation sites (tertiary alicyclic amines) is 1. The first-order valence-corrected chi connectivity index (χ1v) is 16.2. The number of nitrogens with zero attached hydrogens (tertiary/aromatic N) is 6. The number of aromatic amines is 1. The highest BCUT2D eigenvalue weighted by Gasteiger charge is 2.45. The van der Waals surface area contributed by atoms with Crippen LogP contribution in [-0.2, 0) is 14.3 Å². The molecule has 246 valence electrons. The van der Waals surface area contributed by atoms with E-state index in [1.165, 1.54) is 5.57 Å². The molecule has 0 bridgehead atoms. The Morgan fingerprint density at radius 3 is 2.63 bits per heavy atom. The number of carbonyl (C=O) groups excluding carboxylic acids is 2. The van der Waals surface area contributed by atoms with Gasteiger partial charge in [-0.25, -0.2) is 9.97 Å². The molecule has 1 saturated heterocycles. The zero-order valence-electron chi connectivity index (χ0n) is 26.9. The van der Waals surface area contributed by atoms with Crippen LogP contribution in [0.15, 0.2) is 95.9 Å². The van der Waals surface area contributed by atoms with Crippen LogP contribution >= 0.6 is 0 Å². The number of hydrogen-bond donors (Lipinski definition) is 2. The zero-order valence-corrected chi connectivity index (χ0v) is 26.9. The molecule has 2 N–H and O–H groups in total. The summed E-state index contributed by atoms with van der Waals surface area (Å²) in [6, 6.07) is 19.3. The summed E-state index contributed by atoms with van der Waals surface area (Å²) in [5.41, 5.74) is 5.04. The molecule has 49 heavy (non-hydrogen) atoms. The van der Waals surface area contributed by atoms with E-state index in [1.807, 2.05) is 52.3 Å². The first-order chi connectivity index (χ1) is 24.0. The van der Waals surface area contributed by atoms with Gasteiger partial charge in [-0.15, -0.1) is 0 Å². The van der Waals surface area contributed by atoms with Gasteiger partial charge in [0.1, 0.15) is 11.3 Å². The van der Waals surface area contributed by atoms with Crippen molar-refractivity contribution in [2.75, 3.05) is 45.2 Å². The Kier molecular flexibility index (Phi) is 7.94. The smallest absolute Gasteiger partial charge is 0.258 e. The number of benzene rings is 2. The summed E-state index contributed by atoms with van der Waals surface area (Å²) in [6.45, 7) is 2.31. The van der Waals surface area contributed by atoms with Crippen LogP contribution in [0, 0.1) is 0 Å². The van der Waals surface area contributed by atoms with E-state index >= 15 is 0 Å². The van der Waals surface area contributed by atoms with Crippen LogP contribution in [0.4, 0.5) is 5.69 Å². The number of fused-ring (bicyclic) bond motifs is 2. The number of aromatic nitrogens is 5. The standard InChI is InChI=1S/C37H34N8O4/c1-48-37(36(47)41-28-7-8-30-29(20-28)34(43-42-30)32-19-27-21-38-15-9-31(27)49-32)12-18-44(23-37)22-33(46)45-16-10-25(11-17-45)24-3-5-26(6-4-24)35-39-13-2-14-40-35/h2-10,13-15,19-21H,11-12,16-18,22-23H2,1H3,(H,41,47)(H,42,43)/t37-/m0/s1. The molecule has 2 aliphatic rings. The number of rotatable bonds is 8. The zero-order chi connectivity index (χ0) is 33.4. The monoisotopic (exact) mass is 654 g/mol. The van der Waals surface area contributed by atoms with Crippen molar-refractivity contribution in [1.82, 2.24) is 34.9 Å². The lowest BCUT2D eigenvalue weighted by atomic mass is 9.98. The Hall–Kier alpha value is -5.72. The lowest BCUT2D eigenvalue weighted by molar-refractivity contribution is -0.138. The minimum Gasteiger partial charge on any atom is -0.454 e. The van der Waals surface area contributed by atoms with Crippen molar-refractivity contribution in [3.05, 3.63) is 97.1 Å². The van der Waals surface area contributed by atoms with Crippen molar-refractivity contribution in [3.8, 4) is 22.8 Å². The van der Waals surface area contributed by atoms with Crippen LogP contribution in [-0.4, -0.2) is 92.2 Å². The number of ether oxygens (including phenoxy) is 1. The van der Waals surface area contributed by atoms with Gasteiger partial charge >= 0.3 is 0 Å². The summed E-state index contributed by atoms with van der Waals surface area (Å²) in [5.74, 6) is 1.09. The van der Waals surface area contributed by atoms with Crippen molar-refractivity contribution in [1.29, 1.82) is 0 Å². The van der Waals surface area contributed by atoms with E-state index in [2.05, 4.69) is 48.7 Å². The fraction of sp³-hybridized carbons (Fsp3) is 0.243. The maximum Gasteiger partial charge on any atom is 0.258 e. The molecule has 0 saturated carbocycles. The third-order valence-corrected chi connectivity index (χ3v) is 9.49. The predicted octanol–water partition coefficient (Wildman–Crippen LogP) is 5.17. The Labute approximate surface area is 281 Å². The van der Waals surface area contributed by atoms with Crippen LogP contribution in [0.25, 0.3) is 50.3 Å². The number of carbonyl (C=O) groups is 2. The van der Waals surface area contributed by atoms with Crippen molar-refractivity contribution >= 4 is 44.9 Å². The molecule has 0 aliphatic carbocycles. The predicted molar refractivity (Wildman–Crippen MR) is 185 cm³/mol. The number of methoxy groups -OCH3 is 1. The van der Waals surface area contributed by atoms with Crippen molar-refractivity contribution in [2.24, 2.45) is 0 Å². The van der Waals surface area contributed by atoms with Crippen molar-refractivity contribution in [3.63, 3.8) is 0 Å². The highest BCUT2D eigenvalue weighted by molar-refractivity contribution is 6.01. The third-order valence-electron chi connectivity index (χ3n) is 9.49. The van der Waals surface area contributed by atoms with Crippen LogP contribution in [0.1, 0.15) is 18.4 Å². The first kappa shape index (κ1) is 30.6. The number of amides is 2. The topological polar surface area (TPSA) is 142 Å². The van der Waals surface area contributed by atoms with E-state index in [1.54, 1.807) is 38.0 Å². The number of nitrogens with one attached hydrogen (secondary N) is 2. The summed E-state index contributed by atoms with van der Waals surface area (Å²) < 4.78 is 11.9. The average Bonchev–Trinajstić information content (AvgIpc) is 3.89. The Morgan fingerprint density at radius 1 is 1.02 bits per heavy atom. The molecule has 0 unspecified atom stereocenters. The van der Waals surface area contributed by atoms with Gasteiger partial charge in [0.05, 0.1) is 12.1 Å². The van der Waals surface area contributed by atoms with E-state index in [4.69, 9.17) is 9.15 Å². The van der Waals surface area contributed by atoms with Crippen molar-refractivity contribution < 1.29 is 18.7 Å². The molecule has 6 heterocycles. The van der Waals surface area contributed by atoms with Crippen molar-refractivity contribution in [2.45, 2.75) is 18.4 Å². The van der Waals surface area contributed by atoms with E-state index < -0.39 is 5.60 Å². The molecule has 0 radical (unpaired) electrons. The van der Waals surface area contributed by atoms with Gasteiger partial charge in [0.25, 0.3) is 5.91 Å². The lowest BCUT2D eigenvalue weighted by Crippen LogP contribution is -2.48. The minimum atomic E-state index is -1.08. The third kappa shape index (κ3) is 5.96. The van der Waals surface area contributed by atoms with Gasteiger partial charge in [-0.2, -0.15) is 5.10 Å². The van der Waals surface area contributed by atoms with Crippen LogP contribution < -0.4 is 5.32 Å². The van der Waals surface area contributed by atoms with Crippen LogP contribution in [0.3, 0.4) is 0 Å². The lowest BCUT2D eigenvalue weighted by Gasteiger charge is -2.30. The van der Waals surface area contributed by atoms with Crippen LogP contribution in [0.5, 0.6) is 0 Å². The highest BCUT2D eigenvalue weighted by Crippen LogP contribution is 2.33. The maximum atomic E-state index is 13.7. The molecule has 2 aliphatic heterocycles. The second-order valence-corrected chi connectivity index (χ2v) is 12.4. The molecule has 2 aromatic carbocycles. The molecule has 2 amide bonds. The largest absolute Gasteiger partial charge is 0.454 e.